The van der Waals surface area contributed by atoms with E-state index in [1.165, 1.54) is 0 Å². The molecule has 1 aromatic rings. The maximum Gasteiger partial charge on any atom is 0.230 e. The molecule has 1 aliphatic carbocycles. The molecule has 90 valence electrons. The first-order valence-corrected chi connectivity index (χ1v) is 5.83. The number of anilines is 1. The lowest BCUT2D eigenvalue weighted by Crippen LogP contribution is -2.30. The van der Waals surface area contributed by atoms with E-state index in [0.717, 1.165) is 11.4 Å². The summed E-state index contributed by atoms with van der Waals surface area (Å²) in [4.78, 5) is 13.9. The molecule has 3 rings (SSSR count). The Morgan fingerprint density at radius 3 is 2.82 bits per heavy atom. The fraction of sp³-hybridized carbons (Fsp3) is 0.462. The molecule has 1 aliphatic heterocycles. The molecule has 0 bridgehead atoms. The van der Waals surface area contributed by atoms with Gasteiger partial charge in [0.25, 0.3) is 0 Å². The van der Waals surface area contributed by atoms with Crippen LogP contribution in [0.5, 0.6) is 5.75 Å². The second-order valence-electron chi connectivity index (χ2n) is 4.66. The molecule has 1 aromatic carbocycles. The minimum absolute atomic E-state index is 0.0323. The smallest absolute Gasteiger partial charge is 0.230 e. The summed E-state index contributed by atoms with van der Waals surface area (Å²) in [5.74, 6) is 1.40. The molecule has 3 unspecified atom stereocenters. The number of hydrogen-bond donors (Lipinski definition) is 1. The van der Waals surface area contributed by atoms with Crippen molar-refractivity contribution in [1.82, 2.24) is 0 Å². The van der Waals surface area contributed by atoms with Crippen LogP contribution in [0.25, 0.3) is 0 Å². The molecule has 1 N–H and O–H groups in total. The summed E-state index contributed by atoms with van der Waals surface area (Å²) in [6.07, 6.45) is 0. The van der Waals surface area contributed by atoms with Crippen molar-refractivity contribution in [1.29, 1.82) is 0 Å². The van der Waals surface area contributed by atoms with Gasteiger partial charge >= 0.3 is 0 Å². The maximum atomic E-state index is 12.1. The number of aliphatic hydroxyl groups is 1. The third kappa shape index (κ3) is 1.44. The molecule has 1 saturated carbocycles. The summed E-state index contributed by atoms with van der Waals surface area (Å²) in [5, 5.41) is 9.09. The fourth-order valence-corrected chi connectivity index (χ4v) is 2.86. The zero-order valence-electron chi connectivity index (χ0n) is 9.67. The van der Waals surface area contributed by atoms with Gasteiger partial charge in [0.1, 0.15) is 5.75 Å². The second kappa shape index (κ2) is 3.74. The number of piperidine rings is 1. The Morgan fingerprint density at radius 2 is 2.24 bits per heavy atom. The van der Waals surface area contributed by atoms with Crippen LogP contribution in [0.15, 0.2) is 24.3 Å². The van der Waals surface area contributed by atoms with Gasteiger partial charge in [-0.25, -0.2) is 0 Å². The lowest BCUT2D eigenvalue weighted by Gasteiger charge is -2.21. The monoisotopic (exact) mass is 233 g/mol. The molecule has 1 saturated heterocycles. The van der Waals surface area contributed by atoms with Crippen molar-refractivity contribution in [3.63, 3.8) is 0 Å². The number of amides is 1. The number of nitrogens with zero attached hydrogens (tertiary/aromatic N) is 1. The number of hydrogen-bond acceptors (Lipinski definition) is 3. The predicted molar refractivity (Wildman–Crippen MR) is 62.9 cm³/mol. The number of para-hydroxylation sites is 2. The Labute approximate surface area is 99.8 Å². The molecular weight excluding hydrogens is 218 g/mol. The van der Waals surface area contributed by atoms with Crippen molar-refractivity contribution in [3.8, 4) is 5.75 Å². The minimum atomic E-state index is 0.0323. The number of aliphatic hydroxyl groups excluding tert-OH is 1. The Balaban J connectivity index is 1.86. The van der Waals surface area contributed by atoms with Gasteiger partial charge < -0.3 is 14.7 Å². The zero-order chi connectivity index (χ0) is 12.0. The molecule has 1 amide bonds. The number of carbonyl (C=O) groups is 1. The van der Waals surface area contributed by atoms with Crippen LogP contribution in [-0.4, -0.2) is 31.3 Å². The first kappa shape index (κ1) is 10.6. The van der Waals surface area contributed by atoms with E-state index in [1.54, 1.807) is 12.0 Å². The van der Waals surface area contributed by atoms with E-state index >= 15 is 0 Å². The molecule has 0 aromatic heterocycles. The van der Waals surface area contributed by atoms with Gasteiger partial charge in [0, 0.05) is 19.1 Å². The van der Waals surface area contributed by atoms with Crippen LogP contribution in [0.1, 0.15) is 0 Å². The number of fused-ring (bicyclic) bond motifs is 1. The van der Waals surface area contributed by atoms with Gasteiger partial charge in [-0.2, -0.15) is 0 Å². The Morgan fingerprint density at radius 1 is 1.47 bits per heavy atom. The van der Waals surface area contributed by atoms with Crippen molar-refractivity contribution in [2.24, 2.45) is 17.8 Å². The Hall–Kier alpha value is -1.55. The first-order chi connectivity index (χ1) is 8.27. The topological polar surface area (TPSA) is 49.8 Å². The van der Waals surface area contributed by atoms with Gasteiger partial charge in [0.05, 0.1) is 12.8 Å². The van der Waals surface area contributed by atoms with E-state index in [4.69, 9.17) is 9.84 Å². The SMILES string of the molecule is COc1ccccc1N1CC2C(CO)C2C1=O. The van der Waals surface area contributed by atoms with Crippen molar-refractivity contribution in [2.75, 3.05) is 25.2 Å². The molecule has 4 heteroatoms. The summed E-state index contributed by atoms with van der Waals surface area (Å²) in [6, 6.07) is 7.55. The highest BCUT2D eigenvalue weighted by atomic mass is 16.5. The van der Waals surface area contributed by atoms with E-state index in [0.29, 0.717) is 12.5 Å². The van der Waals surface area contributed by atoms with Crippen molar-refractivity contribution < 1.29 is 14.6 Å². The Kier molecular flexibility index (Phi) is 2.33. The molecule has 3 atom stereocenters. The van der Waals surface area contributed by atoms with E-state index in [-0.39, 0.29) is 24.3 Å². The Bertz CT molecular complexity index is 460. The summed E-state index contributed by atoms with van der Waals surface area (Å²) < 4.78 is 5.27. The first-order valence-electron chi connectivity index (χ1n) is 5.83. The van der Waals surface area contributed by atoms with Crippen LogP contribution in [0.4, 0.5) is 5.69 Å². The normalized spacial score (nSPS) is 30.4. The van der Waals surface area contributed by atoms with Crippen LogP contribution >= 0.6 is 0 Å². The van der Waals surface area contributed by atoms with Crippen LogP contribution in [-0.2, 0) is 4.79 Å². The highest BCUT2D eigenvalue weighted by Gasteiger charge is 2.61. The molecule has 17 heavy (non-hydrogen) atoms. The molecule has 2 fully saturated rings. The van der Waals surface area contributed by atoms with Crippen molar-refractivity contribution in [2.45, 2.75) is 0 Å². The van der Waals surface area contributed by atoms with Gasteiger partial charge in [0.15, 0.2) is 0 Å². The lowest BCUT2D eigenvalue weighted by molar-refractivity contribution is -0.119. The number of benzene rings is 1. The summed E-state index contributed by atoms with van der Waals surface area (Å²) in [7, 11) is 1.61. The molecular formula is C13H15NO3. The molecule has 0 radical (unpaired) electrons. The highest BCUT2D eigenvalue weighted by molar-refractivity contribution is 6.01. The minimum Gasteiger partial charge on any atom is -0.495 e. The highest BCUT2D eigenvalue weighted by Crippen LogP contribution is 2.53. The van der Waals surface area contributed by atoms with Crippen LogP contribution in [0.2, 0.25) is 0 Å². The summed E-state index contributed by atoms with van der Waals surface area (Å²) >= 11 is 0. The van der Waals surface area contributed by atoms with Crippen LogP contribution in [0.3, 0.4) is 0 Å². The average molecular weight is 233 g/mol. The number of ether oxygens (including phenoxy) is 1. The molecule has 4 nitrogen and oxygen atoms in total. The number of carbonyl (C=O) groups excluding carboxylic acids is 1. The third-order valence-electron chi connectivity index (χ3n) is 3.86. The van der Waals surface area contributed by atoms with Crippen LogP contribution in [0, 0.1) is 17.8 Å². The maximum absolute atomic E-state index is 12.1. The summed E-state index contributed by atoms with van der Waals surface area (Å²) in [5.41, 5.74) is 0.837. The predicted octanol–water partition coefficient (Wildman–Crippen LogP) is 0.896. The van der Waals surface area contributed by atoms with Crippen LogP contribution < -0.4 is 9.64 Å². The van der Waals surface area contributed by atoms with Gasteiger partial charge in [-0.05, 0) is 24.0 Å². The van der Waals surface area contributed by atoms with E-state index in [2.05, 4.69) is 0 Å². The molecule has 0 spiro atoms. The van der Waals surface area contributed by atoms with Gasteiger partial charge in [0.2, 0.25) is 5.91 Å². The number of rotatable bonds is 3. The van der Waals surface area contributed by atoms with Gasteiger partial charge in [-0.1, -0.05) is 12.1 Å². The van der Waals surface area contributed by atoms with E-state index in [1.807, 2.05) is 24.3 Å². The average Bonchev–Trinajstić information content (AvgIpc) is 2.98. The largest absolute Gasteiger partial charge is 0.495 e. The van der Waals surface area contributed by atoms with E-state index in [9.17, 15) is 4.79 Å². The summed E-state index contributed by atoms with van der Waals surface area (Å²) in [6.45, 7) is 0.829. The van der Waals surface area contributed by atoms with Gasteiger partial charge in [-0.15, -0.1) is 0 Å². The lowest BCUT2D eigenvalue weighted by atomic mass is 10.2. The van der Waals surface area contributed by atoms with Crippen molar-refractivity contribution >= 4 is 11.6 Å². The zero-order valence-corrected chi connectivity index (χ0v) is 9.67. The molecule has 2 aliphatic rings. The van der Waals surface area contributed by atoms with Crippen molar-refractivity contribution in [3.05, 3.63) is 24.3 Å². The second-order valence-corrected chi connectivity index (χ2v) is 4.66. The fourth-order valence-electron chi connectivity index (χ4n) is 2.86. The third-order valence-corrected chi connectivity index (χ3v) is 3.86. The quantitative estimate of drug-likeness (QED) is 0.843. The molecule has 1 heterocycles. The van der Waals surface area contributed by atoms with E-state index < -0.39 is 0 Å². The van der Waals surface area contributed by atoms with Gasteiger partial charge in [-0.3, -0.25) is 4.79 Å². The number of methoxy groups -OCH3 is 1. The standard InChI is InChI=1S/C13H15NO3/c1-17-11-5-3-2-4-10(11)14-6-8-9(7-15)12(8)13(14)16/h2-5,8-9,12,15H,6-7H2,1H3.